The van der Waals surface area contributed by atoms with Crippen LogP contribution in [0.25, 0.3) is 0 Å². The molecular weight excluding hydrogens is 304 g/mol. The van der Waals surface area contributed by atoms with Crippen molar-refractivity contribution >= 4 is 11.9 Å². The fourth-order valence-electron chi connectivity index (χ4n) is 3.74. The minimum absolute atomic E-state index is 0.00578. The smallest absolute Gasteiger partial charge is 0.309 e. The van der Waals surface area contributed by atoms with Crippen LogP contribution in [0.3, 0.4) is 0 Å². The van der Waals surface area contributed by atoms with Crippen molar-refractivity contribution in [3.8, 4) is 0 Å². The van der Waals surface area contributed by atoms with Gasteiger partial charge in [0.15, 0.2) is 0 Å². The van der Waals surface area contributed by atoms with Crippen molar-refractivity contribution in [2.75, 3.05) is 0 Å². The Hall–Kier alpha value is -1.06. The number of unbranched alkanes of at least 4 members (excludes halogenated alkanes) is 1. The predicted octanol–water partition coefficient (Wildman–Crippen LogP) is 5.05. The second-order valence-electron chi connectivity index (χ2n) is 7.80. The number of ether oxygens (including phenoxy) is 1. The summed E-state index contributed by atoms with van der Waals surface area (Å²) in [5, 5.41) is 9.08. The lowest BCUT2D eigenvalue weighted by Crippen LogP contribution is -2.33. The van der Waals surface area contributed by atoms with Gasteiger partial charge in [-0.25, -0.2) is 0 Å². The summed E-state index contributed by atoms with van der Waals surface area (Å²) in [7, 11) is 0. The molecule has 0 amide bonds. The molecule has 1 aliphatic carbocycles. The minimum atomic E-state index is -0.731. The molecule has 24 heavy (non-hydrogen) atoms. The second-order valence-corrected chi connectivity index (χ2v) is 7.80. The Morgan fingerprint density at radius 1 is 1.08 bits per heavy atom. The van der Waals surface area contributed by atoms with Crippen molar-refractivity contribution in [3.05, 3.63) is 0 Å². The van der Waals surface area contributed by atoms with Crippen molar-refractivity contribution in [1.82, 2.24) is 0 Å². The van der Waals surface area contributed by atoms with E-state index in [2.05, 4.69) is 27.7 Å². The van der Waals surface area contributed by atoms with Gasteiger partial charge in [-0.15, -0.1) is 0 Å². The molecule has 0 aromatic heterocycles. The first kappa shape index (κ1) is 21.0. The molecule has 0 radical (unpaired) electrons. The zero-order chi connectivity index (χ0) is 18.1. The van der Waals surface area contributed by atoms with Crippen LogP contribution < -0.4 is 0 Å². The maximum Gasteiger partial charge on any atom is 0.309 e. The number of hydrogen-bond donors (Lipinski definition) is 1. The lowest BCUT2D eigenvalue weighted by atomic mass is 9.82. The van der Waals surface area contributed by atoms with Gasteiger partial charge in [0.1, 0.15) is 6.10 Å². The second kappa shape index (κ2) is 10.7. The van der Waals surface area contributed by atoms with Crippen molar-refractivity contribution in [2.24, 2.45) is 23.7 Å². The van der Waals surface area contributed by atoms with Crippen LogP contribution in [-0.4, -0.2) is 23.1 Å². The van der Waals surface area contributed by atoms with E-state index >= 15 is 0 Å². The molecule has 0 bridgehead atoms. The maximum atomic E-state index is 12.6. The third-order valence-electron chi connectivity index (χ3n) is 5.36. The van der Waals surface area contributed by atoms with Gasteiger partial charge >= 0.3 is 11.9 Å². The monoisotopic (exact) mass is 340 g/mol. The first-order chi connectivity index (χ1) is 11.4. The molecule has 0 spiro atoms. The zero-order valence-electron chi connectivity index (χ0n) is 15.9. The molecule has 1 N–H and O–H groups in total. The molecular formula is C20H36O4. The molecule has 0 aliphatic heterocycles. The van der Waals surface area contributed by atoms with Gasteiger partial charge in [-0.3, -0.25) is 9.59 Å². The number of aliphatic carboxylic acids is 1. The summed E-state index contributed by atoms with van der Waals surface area (Å²) < 4.78 is 5.96. The van der Waals surface area contributed by atoms with Crippen LogP contribution in [0.5, 0.6) is 0 Å². The van der Waals surface area contributed by atoms with Crippen LogP contribution in [-0.2, 0) is 14.3 Å². The van der Waals surface area contributed by atoms with E-state index in [1.54, 1.807) is 0 Å². The molecule has 1 rings (SSSR count). The van der Waals surface area contributed by atoms with E-state index in [0.29, 0.717) is 37.5 Å². The molecule has 0 saturated heterocycles. The number of carbonyl (C=O) groups excluding carboxylic acids is 1. The lowest BCUT2D eigenvalue weighted by molar-refractivity contribution is -0.161. The highest BCUT2D eigenvalue weighted by molar-refractivity contribution is 5.74. The van der Waals surface area contributed by atoms with Gasteiger partial charge < -0.3 is 9.84 Å². The molecule has 1 fully saturated rings. The van der Waals surface area contributed by atoms with Crippen LogP contribution in [0.1, 0.15) is 85.5 Å². The SMILES string of the molecule is CCCCC(CC)C(CC(C)C)OC(=O)C1CCC(C(=O)O)CC1. The standard InChI is InChI=1S/C20H36O4/c1-5-7-8-15(6-2)18(13-14(3)4)24-20(23)17-11-9-16(10-12-17)19(21)22/h14-18H,5-13H2,1-4H3,(H,21,22). The van der Waals surface area contributed by atoms with Gasteiger partial charge in [-0.2, -0.15) is 0 Å². The molecule has 0 aromatic rings. The largest absolute Gasteiger partial charge is 0.481 e. The van der Waals surface area contributed by atoms with E-state index in [1.807, 2.05) is 0 Å². The van der Waals surface area contributed by atoms with Crippen molar-refractivity contribution in [1.29, 1.82) is 0 Å². The third-order valence-corrected chi connectivity index (χ3v) is 5.36. The number of carbonyl (C=O) groups is 2. The van der Waals surface area contributed by atoms with Crippen LogP contribution in [0, 0.1) is 23.7 Å². The van der Waals surface area contributed by atoms with E-state index < -0.39 is 5.97 Å². The number of rotatable bonds is 10. The zero-order valence-corrected chi connectivity index (χ0v) is 15.9. The van der Waals surface area contributed by atoms with E-state index in [0.717, 1.165) is 25.7 Å². The maximum absolute atomic E-state index is 12.6. The minimum Gasteiger partial charge on any atom is -0.481 e. The number of esters is 1. The summed E-state index contributed by atoms with van der Waals surface area (Å²) in [4.78, 5) is 23.6. The molecule has 140 valence electrons. The third kappa shape index (κ3) is 6.82. The summed E-state index contributed by atoms with van der Waals surface area (Å²) in [6.45, 7) is 8.72. The fraction of sp³-hybridized carbons (Fsp3) is 0.900. The van der Waals surface area contributed by atoms with Gasteiger partial charge in [-0.1, -0.05) is 40.5 Å². The summed E-state index contributed by atoms with van der Waals surface area (Å²) in [5.41, 5.74) is 0. The summed E-state index contributed by atoms with van der Waals surface area (Å²) in [5.74, 6) is -0.287. The number of hydrogen-bond acceptors (Lipinski definition) is 3. The Morgan fingerprint density at radius 3 is 2.12 bits per heavy atom. The normalized spacial score (nSPS) is 23.7. The van der Waals surface area contributed by atoms with E-state index in [4.69, 9.17) is 9.84 Å². The van der Waals surface area contributed by atoms with Gasteiger partial charge in [-0.05, 0) is 56.8 Å². The molecule has 1 saturated carbocycles. The molecule has 2 unspecified atom stereocenters. The van der Waals surface area contributed by atoms with Crippen LogP contribution in [0.4, 0.5) is 0 Å². The first-order valence-electron chi connectivity index (χ1n) is 9.82. The molecule has 4 nitrogen and oxygen atoms in total. The molecule has 0 aromatic carbocycles. The Bertz CT molecular complexity index is 383. The van der Waals surface area contributed by atoms with Crippen molar-refractivity contribution < 1.29 is 19.4 Å². The topological polar surface area (TPSA) is 63.6 Å². The highest BCUT2D eigenvalue weighted by atomic mass is 16.5. The van der Waals surface area contributed by atoms with Gasteiger partial charge in [0.2, 0.25) is 0 Å². The van der Waals surface area contributed by atoms with Crippen molar-refractivity contribution in [3.63, 3.8) is 0 Å². The van der Waals surface area contributed by atoms with Gasteiger partial charge in [0.25, 0.3) is 0 Å². The average molecular weight is 341 g/mol. The first-order valence-corrected chi connectivity index (χ1v) is 9.82. The van der Waals surface area contributed by atoms with E-state index in [1.165, 1.54) is 6.42 Å². The van der Waals surface area contributed by atoms with Crippen LogP contribution in [0.15, 0.2) is 0 Å². The summed E-state index contributed by atoms with van der Waals surface area (Å²) in [6, 6.07) is 0. The highest BCUT2D eigenvalue weighted by Crippen LogP contribution is 2.32. The van der Waals surface area contributed by atoms with E-state index in [-0.39, 0.29) is 23.9 Å². The van der Waals surface area contributed by atoms with Gasteiger partial charge in [0, 0.05) is 0 Å². The molecule has 1 aliphatic rings. The molecule has 4 heteroatoms. The Morgan fingerprint density at radius 2 is 1.67 bits per heavy atom. The molecule has 2 atom stereocenters. The number of carboxylic acid groups (broad SMARTS) is 1. The number of carboxylic acids is 1. The quantitative estimate of drug-likeness (QED) is 0.565. The Balaban J connectivity index is 2.61. The van der Waals surface area contributed by atoms with Crippen LogP contribution in [0.2, 0.25) is 0 Å². The predicted molar refractivity (Wildman–Crippen MR) is 95.7 cm³/mol. The van der Waals surface area contributed by atoms with E-state index in [9.17, 15) is 9.59 Å². The average Bonchev–Trinajstić information content (AvgIpc) is 2.54. The van der Waals surface area contributed by atoms with Crippen molar-refractivity contribution in [2.45, 2.75) is 91.6 Å². The summed E-state index contributed by atoms with van der Waals surface area (Å²) in [6.07, 6.45) is 7.90. The lowest BCUT2D eigenvalue weighted by Gasteiger charge is -2.31. The molecule has 0 heterocycles. The Kier molecular flexibility index (Phi) is 9.38. The highest BCUT2D eigenvalue weighted by Gasteiger charge is 2.33. The van der Waals surface area contributed by atoms with Gasteiger partial charge in [0.05, 0.1) is 11.8 Å². The Labute approximate surface area is 147 Å². The fourth-order valence-corrected chi connectivity index (χ4v) is 3.74. The van der Waals surface area contributed by atoms with Crippen LogP contribution >= 0.6 is 0 Å². The summed E-state index contributed by atoms with van der Waals surface area (Å²) >= 11 is 0.